The number of anilines is 1. The SMILES string of the molecule is Cc1cc(C)c(C#N)c(NC2CC(N)C2)n1. The number of nitrogens with one attached hydrogen (secondary N) is 1. The molecule has 0 aliphatic heterocycles. The first kappa shape index (κ1) is 10.9. The molecule has 3 N–H and O–H groups in total. The van der Waals surface area contributed by atoms with E-state index in [1.165, 1.54) is 0 Å². The lowest BCUT2D eigenvalue weighted by Crippen LogP contribution is -2.44. The van der Waals surface area contributed by atoms with Gasteiger partial charge in [-0.05, 0) is 38.3 Å². The van der Waals surface area contributed by atoms with Crippen LogP contribution in [0.15, 0.2) is 6.07 Å². The Kier molecular flexibility index (Phi) is 2.80. The Labute approximate surface area is 95.5 Å². The van der Waals surface area contributed by atoms with E-state index in [9.17, 15) is 0 Å². The second-order valence-electron chi connectivity index (χ2n) is 4.49. The van der Waals surface area contributed by atoms with Gasteiger partial charge in [0.2, 0.25) is 0 Å². The Morgan fingerprint density at radius 3 is 2.75 bits per heavy atom. The molecule has 0 atom stereocenters. The van der Waals surface area contributed by atoms with Gasteiger partial charge in [0.05, 0.1) is 5.56 Å². The molecule has 1 heterocycles. The highest BCUT2D eigenvalue weighted by Crippen LogP contribution is 2.25. The lowest BCUT2D eigenvalue weighted by atomic mass is 9.87. The Morgan fingerprint density at radius 1 is 1.50 bits per heavy atom. The molecule has 0 amide bonds. The summed E-state index contributed by atoms with van der Waals surface area (Å²) in [6, 6.07) is 4.80. The molecule has 4 nitrogen and oxygen atoms in total. The van der Waals surface area contributed by atoms with Gasteiger partial charge in [0, 0.05) is 17.8 Å². The van der Waals surface area contributed by atoms with Crippen molar-refractivity contribution in [2.75, 3.05) is 5.32 Å². The number of rotatable bonds is 2. The summed E-state index contributed by atoms with van der Waals surface area (Å²) in [7, 11) is 0. The normalized spacial score (nSPS) is 23.4. The van der Waals surface area contributed by atoms with E-state index in [-0.39, 0.29) is 0 Å². The summed E-state index contributed by atoms with van der Waals surface area (Å²) in [6.07, 6.45) is 1.92. The Balaban J connectivity index is 2.22. The zero-order chi connectivity index (χ0) is 11.7. The van der Waals surface area contributed by atoms with Crippen molar-refractivity contribution >= 4 is 5.82 Å². The third-order valence-electron chi connectivity index (χ3n) is 2.97. The number of aryl methyl sites for hydroxylation is 2. The molecule has 1 aromatic rings. The molecule has 1 aliphatic carbocycles. The molecule has 0 spiro atoms. The number of hydrogen-bond donors (Lipinski definition) is 2. The van der Waals surface area contributed by atoms with E-state index in [1.54, 1.807) is 0 Å². The molecule has 0 bridgehead atoms. The Bertz CT molecular complexity index is 441. The van der Waals surface area contributed by atoms with Crippen molar-refractivity contribution in [3.05, 3.63) is 22.9 Å². The van der Waals surface area contributed by atoms with Gasteiger partial charge in [-0.2, -0.15) is 5.26 Å². The summed E-state index contributed by atoms with van der Waals surface area (Å²) >= 11 is 0. The second-order valence-corrected chi connectivity index (χ2v) is 4.49. The van der Waals surface area contributed by atoms with Crippen LogP contribution in [0.3, 0.4) is 0 Å². The van der Waals surface area contributed by atoms with E-state index in [2.05, 4.69) is 16.4 Å². The molecule has 1 saturated carbocycles. The van der Waals surface area contributed by atoms with E-state index >= 15 is 0 Å². The first-order valence-electron chi connectivity index (χ1n) is 5.50. The van der Waals surface area contributed by atoms with Crippen LogP contribution < -0.4 is 11.1 Å². The van der Waals surface area contributed by atoms with Crippen molar-refractivity contribution in [2.45, 2.75) is 38.8 Å². The lowest BCUT2D eigenvalue weighted by molar-refractivity contribution is 0.373. The molecule has 16 heavy (non-hydrogen) atoms. The van der Waals surface area contributed by atoms with Crippen LogP contribution in [-0.4, -0.2) is 17.1 Å². The van der Waals surface area contributed by atoms with Gasteiger partial charge in [-0.15, -0.1) is 0 Å². The van der Waals surface area contributed by atoms with E-state index in [1.807, 2.05) is 19.9 Å². The fourth-order valence-corrected chi connectivity index (χ4v) is 2.06. The predicted octanol–water partition coefficient (Wildman–Crippen LogP) is 1.47. The van der Waals surface area contributed by atoms with Crippen molar-refractivity contribution in [1.82, 2.24) is 4.98 Å². The molecular weight excluding hydrogens is 200 g/mol. The first-order valence-corrected chi connectivity index (χ1v) is 5.50. The summed E-state index contributed by atoms with van der Waals surface area (Å²) < 4.78 is 0. The summed E-state index contributed by atoms with van der Waals surface area (Å²) in [5.74, 6) is 0.705. The number of nitrogens with two attached hydrogens (primary N) is 1. The minimum atomic E-state index is 0.300. The second kappa shape index (κ2) is 4.11. The molecule has 0 radical (unpaired) electrons. The third-order valence-corrected chi connectivity index (χ3v) is 2.97. The molecule has 84 valence electrons. The highest BCUT2D eigenvalue weighted by Gasteiger charge is 2.26. The largest absolute Gasteiger partial charge is 0.366 e. The van der Waals surface area contributed by atoms with Crippen LogP contribution in [0.4, 0.5) is 5.82 Å². The zero-order valence-corrected chi connectivity index (χ0v) is 9.62. The van der Waals surface area contributed by atoms with Crippen molar-refractivity contribution in [3.63, 3.8) is 0 Å². The molecular formula is C12H16N4. The number of hydrogen-bond acceptors (Lipinski definition) is 4. The van der Waals surface area contributed by atoms with E-state index < -0.39 is 0 Å². The minimum absolute atomic E-state index is 0.300. The standard InChI is InChI=1S/C12H16N4/c1-7-3-8(2)15-12(11(7)6-13)16-10-4-9(14)5-10/h3,9-10H,4-5,14H2,1-2H3,(H,15,16). The van der Waals surface area contributed by atoms with Gasteiger partial charge in [-0.25, -0.2) is 4.98 Å². The molecule has 0 aromatic carbocycles. The number of aromatic nitrogens is 1. The first-order chi connectivity index (χ1) is 7.60. The van der Waals surface area contributed by atoms with Crippen LogP contribution in [0, 0.1) is 25.2 Å². The van der Waals surface area contributed by atoms with Gasteiger partial charge in [-0.1, -0.05) is 0 Å². The van der Waals surface area contributed by atoms with Crippen molar-refractivity contribution < 1.29 is 0 Å². The third kappa shape index (κ3) is 2.00. The van der Waals surface area contributed by atoms with E-state index in [0.717, 1.165) is 24.1 Å². The molecule has 1 fully saturated rings. The van der Waals surface area contributed by atoms with E-state index in [4.69, 9.17) is 11.0 Å². The van der Waals surface area contributed by atoms with Gasteiger partial charge in [-0.3, -0.25) is 0 Å². The smallest absolute Gasteiger partial charge is 0.144 e. The average Bonchev–Trinajstić information content (AvgIpc) is 2.14. The van der Waals surface area contributed by atoms with Gasteiger partial charge < -0.3 is 11.1 Å². The summed E-state index contributed by atoms with van der Waals surface area (Å²) in [5.41, 5.74) is 8.28. The van der Waals surface area contributed by atoms with Crippen molar-refractivity contribution in [1.29, 1.82) is 5.26 Å². The molecule has 1 aliphatic rings. The average molecular weight is 216 g/mol. The topological polar surface area (TPSA) is 74.7 Å². The Morgan fingerprint density at radius 2 is 2.19 bits per heavy atom. The molecule has 0 unspecified atom stereocenters. The minimum Gasteiger partial charge on any atom is -0.366 e. The van der Waals surface area contributed by atoms with Gasteiger partial charge >= 0.3 is 0 Å². The van der Waals surface area contributed by atoms with Crippen LogP contribution in [0.1, 0.15) is 29.7 Å². The fraction of sp³-hybridized carbons (Fsp3) is 0.500. The maximum atomic E-state index is 9.09. The van der Waals surface area contributed by atoms with E-state index in [0.29, 0.717) is 23.5 Å². The van der Waals surface area contributed by atoms with Gasteiger partial charge in [0.15, 0.2) is 0 Å². The van der Waals surface area contributed by atoms with Crippen LogP contribution >= 0.6 is 0 Å². The fourth-order valence-electron chi connectivity index (χ4n) is 2.06. The maximum absolute atomic E-state index is 9.09. The van der Waals surface area contributed by atoms with Crippen LogP contribution in [-0.2, 0) is 0 Å². The van der Waals surface area contributed by atoms with Crippen LogP contribution in [0.2, 0.25) is 0 Å². The lowest BCUT2D eigenvalue weighted by Gasteiger charge is -2.33. The zero-order valence-electron chi connectivity index (χ0n) is 9.62. The summed E-state index contributed by atoms with van der Waals surface area (Å²) in [5, 5.41) is 12.4. The quantitative estimate of drug-likeness (QED) is 0.785. The predicted molar refractivity (Wildman–Crippen MR) is 63.0 cm³/mol. The Hall–Kier alpha value is -1.60. The van der Waals surface area contributed by atoms with Gasteiger partial charge in [0.25, 0.3) is 0 Å². The number of pyridine rings is 1. The summed E-state index contributed by atoms with van der Waals surface area (Å²) in [6.45, 7) is 3.87. The highest BCUT2D eigenvalue weighted by atomic mass is 15.0. The molecule has 2 rings (SSSR count). The van der Waals surface area contributed by atoms with Crippen LogP contribution in [0.5, 0.6) is 0 Å². The highest BCUT2D eigenvalue weighted by molar-refractivity contribution is 5.57. The molecule has 1 aromatic heterocycles. The monoisotopic (exact) mass is 216 g/mol. The van der Waals surface area contributed by atoms with Crippen LogP contribution in [0.25, 0.3) is 0 Å². The summed E-state index contributed by atoms with van der Waals surface area (Å²) in [4.78, 5) is 4.38. The van der Waals surface area contributed by atoms with Gasteiger partial charge in [0.1, 0.15) is 11.9 Å². The molecule has 4 heteroatoms. The molecule has 0 saturated heterocycles. The number of nitriles is 1. The number of nitrogens with zero attached hydrogens (tertiary/aromatic N) is 2. The maximum Gasteiger partial charge on any atom is 0.144 e. The van der Waals surface area contributed by atoms with Crippen molar-refractivity contribution in [2.24, 2.45) is 5.73 Å². The van der Waals surface area contributed by atoms with Crippen molar-refractivity contribution in [3.8, 4) is 6.07 Å².